The second kappa shape index (κ2) is 12.7. The van der Waals surface area contributed by atoms with Crippen LogP contribution in [0, 0.1) is 0 Å². The molecule has 1 unspecified atom stereocenters. The zero-order valence-electron chi connectivity index (χ0n) is 21.1. The Bertz CT molecular complexity index is 1180. The van der Waals surface area contributed by atoms with Crippen LogP contribution in [0.4, 0.5) is 0 Å². The number of carbonyl (C=O) groups is 4. The van der Waals surface area contributed by atoms with E-state index < -0.39 is 35.3 Å². The number of carboxylic acids is 1. The van der Waals surface area contributed by atoms with E-state index in [0.717, 1.165) is 16.7 Å². The zero-order valence-corrected chi connectivity index (χ0v) is 21.1. The molecule has 3 rings (SSSR count). The third-order valence-corrected chi connectivity index (χ3v) is 6.54. The van der Waals surface area contributed by atoms with Crippen molar-refractivity contribution in [2.24, 2.45) is 22.2 Å². The zero-order chi connectivity index (χ0) is 27.7. The van der Waals surface area contributed by atoms with Gasteiger partial charge in [0.15, 0.2) is 5.96 Å². The molecule has 38 heavy (non-hydrogen) atoms. The monoisotopic (exact) mass is 522 g/mol. The van der Waals surface area contributed by atoms with Crippen molar-refractivity contribution in [3.05, 3.63) is 60.2 Å². The number of nitrogens with two attached hydrogens (primary N) is 3. The summed E-state index contributed by atoms with van der Waals surface area (Å²) in [7, 11) is 0. The van der Waals surface area contributed by atoms with Crippen molar-refractivity contribution >= 4 is 29.7 Å². The van der Waals surface area contributed by atoms with Gasteiger partial charge in [-0.05, 0) is 42.4 Å². The molecule has 1 fully saturated rings. The van der Waals surface area contributed by atoms with Crippen molar-refractivity contribution < 1.29 is 24.3 Å². The van der Waals surface area contributed by atoms with Crippen LogP contribution in [-0.2, 0) is 19.2 Å². The highest BCUT2D eigenvalue weighted by molar-refractivity contribution is 5.98. The molecule has 0 heterocycles. The number of hydrogen-bond acceptors (Lipinski definition) is 5. The summed E-state index contributed by atoms with van der Waals surface area (Å²) in [5, 5.41) is 14.4. The third kappa shape index (κ3) is 7.55. The molecule has 0 saturated heterocycles. The first-order chi connectivity index (χ1) is 18.1. The van der Waals surface area contributed by atoms with Crippen molar-refractivity contribution in [3.63, 3.8) is 0 Å². The summed E-state index contributed by atoms with van der Waals surface area (Å²) in [6.07, 6.45) is 0.897. The lowest BCUT2D eigenvalue weighted by Crippen LogP contribution is -2.55. The van der Waals surface area contributed by atoms with E-state index in [0.29, 0.717) is 12.8 Å². The van der Waals surface area contributed by atoms with E-state index in [1.807, 2.05) is 54.6 Å². The first-order valence-corrected chi connectivity index (χ1v) is 12.5. The van der Waals surface area contributed by atoms with Crippen LogP contribution in [0.25, 0.3) is 11.1 Å². The maximum atomic E-state index is 13.5. The average molecular weight is 523 g/mol. The van der Waals surface area contributed by atoms with Gasteiger partial charge in [0.05, 0.1) is 0 Å². The number of guanidine groups is 1. The third-order valence-electron chi connectivity index (χ3n) is 6.54. The van der Waals surface area contributed by atoms with Crippen molar-refractivity contribution in [1.29, 1.82) is 0 Å². The van der Waals surface area contributed by atoms with Gasteiger partial charge in [0.2, 0.25) is 17.7 Å². The van der Waals surface area contributed by atoms with Crippen LogP contribution in [0.2, 0.25) is 0 Å². The predicted octanol–water partition coefficient (Wildman–Crippen LogP) is 0.975. The van der Waals surface area contributed by atoms with E-state index >= 15 is 0 Å². The topological polar surface area (TPSA) is 203 Å². The number of aliphatic imine (C=N–C) groups is 1. The van der Waals surface area contributed by atoms with Gasteiger partial charge in [0.1, 0.15) is 11.6 Å². The fourth-order valence-corrected chi connectivity index (χ4v) is 4.44. The first-order valence-electron chi connectivity index (χ1n) is 12.5. The molecule has 9 N–H and O–H groups in total. The lowest BCUT2D eigenvalue weighted by Gasteiger charge is -2.23. The van der Waals surface area contributed by atoms with Crippen LogP contribution >= 0.6 is 0 Å². The highest BCUT2D eigenvalue weighted by Gasteiger charge is 2.62. The minimum atomic E-state index is -1.28. The number of nitrogens with zero attached hydrogens (tertiary/aromatic N) is 1. The Morgan fingerprint density at radius 2 is 1.61 bits per heavy atom. The van der Waals surface area contributed by atoms with Crippen molar-refractivity contribution in [2.75, 3.05) is 6.54 Å². The van der Waals surface area contributed by atoms with E-state index in [-0.39, 0.29) is 44.1 Å². The van der Waals surface area contributed by atoms with E-state index in [1.54, 1.807) is 0 Å². The Kier molecular flexibility index (Phi) is 9.42. The fraction of sp³-hybridized carbons (Fsp3) is 0.370. The Morgan fingerprint density at radius 1 is 0.947 bits per heavy atom. The molecule has 11 heteroatoms. The van der Waals surface area contributed by atoms with Crippen molar-refractivity contribution in [2.45, 2.75) is 56.0 Å². The van der Waals surface area contributed by atoms with Gasteiger partial charge in [-0.25, -0.2) is 0 Å². The molecule has 2 aromatic carbocycles. The summed E-state index contributed by atoms with van der Waals surface area (Å²) in [6.45, 7) is 0.268. The van der Waals surface area contributed by atoms with Crippen LogP contribution < -0.4 is 27.8 Å². The van der Waals surface area contributed by atoms with E-state index in [4.69, 9.17) is 22.3 Å². The lowest BCUT2D eigenvalue weighted by atomic mass is 9.99. The summed E-state index contributed by atoms with van der Waals surface area (Å²) in [6, 6.07) is 16.6. The van der Waals surface area contributed by atoms with Crippen LogP contribution in [-0.4, -0.2) is 52.9 Å². The molecule has 1 saturated carbocycles. The SMILES string of the molecule is NC(=O)[C@@H](CCCN=C(N)N)NC(=O)C1(NC(=O)CCCC(=O)O)C[C@@H]1c1ccc(-c2ccccc2)cc1. The number of aliphatic carboxylic acids is 1. The van der Waals surface area contributed by atoms with E-state index in [2.05, 4.69) is 15.6 Å². The van der Waals surface area contributed by atoms with Crippen LogP contribution in [0.15, 0.2) is 59.6 Å². The maximum absolute atomic E-state index is 13.5. The fourth-order valence-electron chi connectivity index (χ4n) is 4.44. The minimum Gasteiger partial charge on any atom is -0.481 e. The number of benzene rings is 2. The molecule has 0 bridgehead atoms. The normalized spacial score (nSPS) is 18.6. The smallest absolute Gasteiger partial charge is 0.303 e. The summed E-state index contributed by atoms with van der Waals surface area (Å²) < 4.78 is 0. The summed E-state index contributed by atoms with van der Waals surface area (Å²) >= 11 is 0. The molecular formula is C27H34N6O5. The molecule has 11 nitrogen and oxygen atoms in total. The Labute approximate surface area is 220 Å². The summed E-state index contributed by atoms with van der Waals surface area (Å²) in [4.78, 5) is 52.9. The van der Waals surface area contributed by atoms with Crippen LogP contribution in [0.1, 0.15) is 50.0 Å². The molecule has 1 aliphatic rings. The van der Waals surface area contributed by atoms with Crippen LogP contribution in [0.3, 0.4) is 0 Å². The summed E-state index contributed by atoms with van der Waals surface area (Å²) in [5.41, 5.74) is 17.8. The van der Waals surface area contributed by atoms with Crippen molar-refractivity contribution in [1.82, 2.24) is 10.6 Å². The van der Waals surface area contributed by atoms with E-state index in [9.17, 15) is 19.2 Å². The average Bonchev–Trinajstić information content (AvgIpc) is 3.61. The quantitative estimate of drug-likeness (QED) is 0.120. The molecule has 2 aromatic rings. The molecule has 0 spiro atoms. The molecule has 0 radical (unpaired) electrons. The van der Waals surface area contributed by atoms with Crippen molar-refractivity contribution in [3.8, 4) is 11.1 Å². The largest absolute Gasteiger partial charge is 0.481 e. The number of rotatable bonds is 14. The maximum Gasteiger partial charge on any atom is 0.303 e. The number of amides is 3. The first kappa shape index (κ1) is 28.2. The molecule has 3 amide bonds. The Hall–Kier alpha value is -4.41. The van der Waals surface area contributed by atoms with Crippen LogP contribution in [0.5, 0.6) is 0 Å². The van der Waals surface area contributed by atoms with Gasteiger partial charge in [-0.2, -0.15) is 0 Å². The van der Waals surface area contributed by atoms with Gasteiger partial charge in [0, 0.05) is 25.3 Å². The van der Waals surface area contributed by atoms with Gasteiger partial charge in [-0.3, -0.25) is 24.2 Å². The molecular weight excluding hydrogens is 488 g/mol. The lowest BCUT2D eigenvalue weighted by molar-refractivity contribution is -0.137. The number of primary amides is 1. The van der Waals surface area contributed by atoms with Gasteiger partial charge >= 0.3 is 5.97 Å². The number of hydrogen-bond donors (Lipinski definition) is 6. The van der Waals surface area contributed by atoms with Gasteiger partial charge in [0.25, 0.3) is 0 Å². The molecule has 3 atom stereocenters. The highest BCUT2D eigenvalue weighted by atomic mass is 16.4. The number of nitrogens with one attached hydrogen (secondary N) is 2. The molecule has 1 aliphatic carbocycles. The highest BCUT2D eigenvalue weighted by Crippen LogP contribution is 2.52. The number of carbonyl (C=O) groups excluding carboxylic acids is 3. The van der Waals surface area contributed by atoms with Gasteiger partial charge < -0.3 is 32.9 Å². The van der Waals surface area contributed by atoms with Gasteiger partial charge in [-0.1, -0.05) is 54.6 Å². The Balaban J connectivity index is 1.76. The molecule has 0 aromatic heterocycles. The predicted molar refractivity (Wildman–Crippen MR) is 143 cm³/mol. The second-order valence-electron chi connectivity index (χ2n) is 9.39. The van der Waals surface area contributed by atoms with Gasteiger partial charge in [-0.15, -0.1) is 0 Å². The summed E-state index contributed by atoms with van der Waals surface area (Å²) in [5.74, 6) is -3.08. The minimum absolute atomic E-state index is 0.0429. The molecule has 0 aliphatic heterocycles. The Morgan fingerprint density at radius 3 is 2.21 bits per heavy atom. The number of carboxylic acid groups (broad SMARTS) is 1. The second-order valence-corrected chi connectivity index (χ2v) is 9.39. The molecule has 202 valence electrons. The standard InChI is InChI=1S/C27H34N6O5/c28-24(37)21(8-5-15-31-26(29)30)32-25(38)27(33-22(34)9-4-10-23(35)36)16-20(27)19-13-11-18(12-14-19)17-6-2-1-3-7-17/h1-3,6-7,11-14,20-21H,4-5,8-10,15-16H2,(H2,28,37)(H,32,38)(H,33,34)(H,35,36)(H4,29,30,31)/t20-,21-,27?/m1/s1. The van der Waals surface area contributed by atoms with E-state index in [1.165, 1.54) is 0 Å².